The summed E-state index contributed by atoms with van der Waals surface area (Å²) in [5.41, 5.74) is 5.20. The number of hydrogen-bond donors (Lipinski definition) is 3. The van der Waals surface area contributed by atoms with Crippen LogP contribution in [0.25, 0.3) is 0 Å². The molecule has 1 amide bonds. The Morgan fingerprint density at radius 1 is 1.60 bits per heavy atom. The van der Waals surface area contributed by atoms with Gasteiger partial charge in [0.05, 0.1) is 6.54 Å². The number of carboxylic acid groups (broad SMARTS) is 1. The van der Waals surface area contributed by atoms with Crippen LogP contribution in [0.15, 0.2) is 11.9 Å². The van der Waals surface area contributed by atoms with Gasteiger partial charge in [-0.15, -0.1) is 0 Å². The molecule has 0 unspecified atom stereocenters. The standard InChI is InChI=1S/C9H15FN2O3/c1-6(13)12-5-7(10)3-2-4-8(11)9(14)15/h3,8H,2,4-5,11H2,1H3,(H,12,13)(H,14,15)/b7-3-/t8-/m0/s1. The molecule has 0 aromatic heterocycles. The maximum absolute atomic E-state index is 12.9. The lowest BCUT2D eigenvalue weighted by Gasteiger charge is -2.03. The van der Waals surface area contributed by atoms with Crippen molar-refractivity contribution < 1.29 is 19.1 Å². The molecule has 6 heteroatoms. The number of nitrogens with two attached hydrogens (primary N) is 1. The fourth-order valence-corrected chi connectivity index (χ4v) is 0.824. The molecule has 0 aliphatic carbocycles. The first-order valence-corrected chi connectivity index (χ1v) is 4.51. The summed E-state index contributed by atoms with van der Waals surface area (Å²) >= 11 is 0. The fourth-order valence-electron chi connectivity index (χ4n) is 0.824. The summed E-state index contributed by atoms with van der Waals surface area (Å²) in [5, 5.41) is 10.7. The minimum absolute atomic E-state index is 0.169. The summed E-state index contributed by atoms with van der Waals surface area (Å²) in [5.74, 6) is -1.92. The highest BCUT2D eigenvalue weighted by Crippen LogP contribution is 2.01. The minimum Gasteiger partial charge on any atom is -0.480 e. The summed E-state index contributed by atoms with van der Waals surface area (Å²) in [6, 6.07) is -0.977. The molecular weight excluding hydrogens is 203 g/mol. The van der Waals surface area contributed by atoms with E-state index >= 15 is 0 Å². The van der Waals surface area contributed by atoms with Gasteiger partial charge in [-0.2, -0.15) is 0 Å². The predicted octanol–water partition coefficient (Wildman–Crippen LogP) is 0.168. The van der Waals surface area contributed by atoms with E-state index in [1.807, 2.05) is 0 Å². The molecule has 0 aliphatic rings. The lowest BCUT2D eigenvalue weighted by molar-refractivity contribution is -0.138. The monoisotopic (exact) mass is 218 g/mol. The van der Waals surface area contributed by atoms with E-state index in [-0.39, 0.29) is 25.3 Å². The minimum atomic E-state index is -1.11. The molecule has 0 aromatic rings. The third-order valence-corrected chi connectivity index (χ3v) is 1.67. The van der Waals surface area contributed by atoms with Gasteiger partial charge < -0.3 is 16.2 Å². The van der Waals surface area contributed by atoms with Crippen LogP contribution in [0.3, 0.4) is 0 Å². The first kappa shape index (κ1) is 13.6. The lowest BCUT2D eigenvalue weighted by Crippen LogP contribution is -2.29. The molecule has 0 aromatic carbocycles. The number of aliphatic carboxylic acids is 1. The summed E-state index contributed by atoms with van der Waals surface area (Å²) in [7, 11) is 0. The highest BCUT2D eigenvalue weighted by atomic mass is 19.1. The maximum Gasteiger partial charge on any atom is 0.320 e. The number of amides is 1. The van der Waals surface area contributed by atoms with Gasteiger partial charge in [0.1, 0.15) is 11.9 Å². The summed E-state index contributed by atoms with van der Waals surface area (Å²) < 4.78 is 12.9. The van der Waals surface area contributed by atoms with Crippen molar-refractivity contribution in [3.8, 4) is 0 Å². The number of carboxylic acids is 1. The SMILES string of the molecule is CC(=O)NC/C(F)=C/CC[C@H](N)C(=O)O. The Labute approximate surface area is 87.1 Å². The largest absolute Gasteiger partial charge is 0.480 e. The van der Waals surface area contributed by atoms with E-state index in [0.717, 1.165) is 0 Å². The number of nitrogens with one attached hydrogen (secondary N) is 1. The van der Waals surface area contributed by atoms with Crippen molar-refractivity contribution in [2.24, 2.45) is 5.73 Å². The van der Waals surface area contributed by atoms with Gasteiger partial charge in [-0.25, -0.2) is 4.39 Å². The zero-order valence-electron chi connectivity index (χ0n) is 8.50. The number of halogens is 1. The number of carbonyl (C=O) groups excluding carboxylic acids is 1. The molecule has 0 heterocycles. The van der Waals surface area contributed by atoms with Crippen LogP contribution in [0.4, 0.5) is 4.39 Å². The van der Waals surface area contributed by atoms with Crippen LogP contribution in [0.5, 0.6) is 0 Å². The van der Waals surface area contributed by atoms with Gasteiger partial charge in [-0.1, -0.05) is 6.08 Å². The van der Waals surface area contributed by atoms with Gasteiger partial charge in [0, 0.05) is 6.92 Å². The number of hydrogen-bond acceptors (Lipinski definition) is 3. The third kappa shape index (κ3) is 7.63. The molecule has 86 valence electrons. The van der Waals surface area contributed by atoms with Gasteiger partial charge in [0.15, 0.2) is 0 Å². The number of carbonyl (C=O) groups is 2. The molecule has 0 aliphatic heterocycles. The third-order valence-electron chi connectivity index (χ3n) is 1.67. The average Bonchev–Trinajstić information content (AvgIpc) is 2.14. The Hall–Kier alpha value is -1.43. The van der Waals surface area contributed by atoms with E-state index in [9.17, 15) is 14.0 Å². The highest BCUT2D eigenvalue weighted by molar-refractivity contribution is 5.73. The van der Waals surface area contributed by atoms with Crippen LogP contribution in [0, 0.1) is 0 Å². The van der Waals surface area contributed by atoms with Crippen molar-refractivity contribution in [1.29, 1.82) is 0 Å². The second-order valence-electron chi connectivity index (χ2n) is 3.08. The van der Waals surface area contributed by atoms with E-state index in [2.05, 4.69) is 5.32 Å². The van der Waals surface area contributed by atoms with Crippen molar-refractivity contribution in [3.05, 3.63) is 11.9 Å². The molecule has 1 atom stereocenters. The molecule has 15 heavy (non-hydrogen) atoms. The smallest absolute Gasteiger partial charge is 0.320 e. The topological polar surface area (TPSA) is 92.4 Å². The zero-order chi connectivity index (χ0) is 11.8. The van der Waals surface area contributed by atoms with Gasteiger partial charge in [0.2, 0.25) is 5.91 Å². The van der Waals surface area contributed by atoms with Gasteiger partial charge >= 0.3 is 5.97 Å². The van der Waals surface area contributed by atoms with Crippen molar-refractivity contribution >= 4 is 11.9 Å². The van der Waals surface area contributed by atoms with Crippen LogP contribution < -0.4 is 11.1 Å². The van der Waals surface area contributed by atoms with E-state index in [0.29, 0.717) is 0 Å². The molecule has 0 bridgehead atoms. The number of allylic oxidation sites excluding steroid dienone is 1. The van der Waals surface area contributed by atoms with Gasteiger partial charge in [-0.3, -0.25) is 9.59 Å². The molecule has 0 radical (unpaired) electrons. The van der Waals surface area contributed by atoms with E-state index in [1.165, 1.54) is 13.0 Å². The molecule has 0 fully saturated rings. The Morgan fingerprint density at radius 2 is 2.20 bits per heavy atom. The molecule has 0 saturated carbocycles. The molecule has 5 nitrogen and oxygen atoms in total. The Bertz CT molecular complexity index is 266. The summed E-state index contributed by atoms with van der Waals surface area (Å²) in [6.45, 7) is 1.12. The predicted molar refractivity (Wildman–Crippen MR) is 52.7 cm³/mol. The van der Waals surface area contributed by atoms with Crippen LogP contribution in [-0.4, -0.2) is 29.6 Å². The first-order valence-electron chi connectivity index (χ1n) is 4.51. The highest BCUT2D eigenvalue weighted by Gasteiger charge is 2.09. The van der Waals surface area contributed by atoms with E-state index in [1.54, 1.807) is 0 Å². The van der Waals surface area contributed by atoms with Crippen molar-refractivity contribution in [1.82, 2.24) is 5.32 Å². The van der Waals surface area contributed by atoms with Crippen molar-refractivity contribution in [2.45, 2.75) is 25.8 Å². The average molecular weight is 218 g/mol. The van der Waals surface area contributed by atoms with Crippen molar-refractivity contribution in [3.63, 3.8) is 0 Å². The Morgan fingerprint density at radius 3 is 2.67 bits per heavy atom. The van der Waals surface area contributed by atoms with E-state index < -0.39 is 17.8 Å². The zero-order valence-corrected chi connectivity index (χ0v) is 8.50. The molecule has 0 saturated heterocycles. The van der Waals surface area contributed by atoms with Crippen molar-refractivity contribution in [2.75, 3.05) is 6.54 Å². The van der Waals surface area contributed by atoms with Crippen LogP contribution >= 0.6 is 0 Å². The molecule has 0 spiro atoms. The summed E-state index contributed by atoms with van der Waals surface area (Å²) in [4.78, 5) is 20.7. The molecule has 0 rings (SSSR count). The van der Waals surface area contributed by atoms with Gasteiger partial charge in [-0.05, 0) is 12.8 Å². The number of rotatable bonds is 6. The van der Waals surface area contributed by atoms with E-state index in [4.69, 9.17) is 10.8 Å². The second-order valence-corrected chi connectivity index (χ2v) is 3.08. The van der Waals surface area contributed by atoms with Crippen LogP contribution in [-0.2, 0) is 9.59 Å². The van der Waals surface area contributed by atoms with Crippen LogP contribution in [0.2, 0.25) is 0 Å². The second kappa shape index (κ2) is 6.94. The lowest BCUT2D eigenvalue weighted by atomic mass is 10.1. The summed E-state index contributed by atoms with van der Waals surface area (Å²) in [6.07, 6.45) is 1.63. The Kier molecular flexibility index (Phi) is 6.28. The Balaban J connectivity index is 3.76. The first-order chi connectivity index (χ1) is 6.93. The fraction of sp³-hybridized carbons (Fsp3) is 0.556. The maximum atomic E-state index is 12.9. The quantitative estimate of drug-likeness (QED) is 0.592. The van der Waals surface area contributed by atoms with Gasteiger partial charge in [0.25, 0.3) is 0 Å². The molecule has 4 N–H and O–H groups in total. The normalized spacial score (nSPS) is 13.4. The van der Waals surface area contributed by atoms with Crippen LogP contribution in [0.1, 0.15) is 19.8 Å². The molecular formula is C9H15FN2O3.